The number of carbonyl (C=O) groups is 2. The van der Waals surface area contributed by atoms with E-state index in [1.807, 2.05) is 13.0 Å². The van der Waals surface area contributed by atoms with E-state index in [4.69, 9.17) is 0 Å². The molecule has 2 amide bonds. The van der Waals surface area contributed by atoms with Crippen LogP contribution in [0.2, 0.25) is 0 Å². The number of likely N-dealkylation sites (tertiary alicyclic amines) is 1. The number of rotatable bonds is 4. The van der Waals surface area contributed by atoms with Crippen molar-refractivity contribution in [2.75, 3.05) is 13.1 Å². The average Bonchev–Trinajstić information content (AvgIpc) is 3.20. The smallest absolute Gasteiger partial charge is 0.224 e. The van der Waals surface area contributed by atoms with Gasteiger partial charge in [0.1, 0.15) is 11.6 Å². The fourth-order valence-corrected chi connectivity index (χ4v) is 4.80. The second-order valence-electron chi connectivity index (χ2n) is 8.39. The Morgan fingerprint density at radius 1 is 1.27 bits per heavy atom. The van der Waals surface area contributed by atoms with E-state index in [2.05, 4.69) is 10.4 Å². The van der Waals surface area contributed by atoms with Gasteiger partial charge in [-0.15, -0.1) is 0 Å². The van der Waals surface area contributed by atoms with Gasteiger partial charge in [-0.3, -0.25) is 14.3 Å². The highest BCUT2D eigenvalue weighted by molar-refractivity contribution is 5.79. The Labute approximate surface area is 174 Å². The van der Waals surface area contributed by atoms with Crippen molar-refractivity contribution in [2.45, 2.75) is 57.0 Å². The monoisotopic (exact) mass is 416 g/mol. The molecule has 30 heavy (non-hydrogen) atoms. The van der Waals surface area contributed by atoms with E-state index >= 15 is 0 Å². The summed E-state index contributed by atoms with van der Waals surface area (Å²) in [5.41, 5.74) is 0.753. The van der Waals surface area contributed by atoms with Crippen LogP contribution in [0.25, 0.3) is 0 Å². The Morgan fingerprint density at radius 3 is 2.73 bits per heavy atom. The van der Waals surface area contributed by atoms with E-state index < -0.39 is 17.2 Å². The first-order valence-corrected chi connectivity index (χ1v) is 10.4. The molecule has 0 radical (unpaired) electrons. The quantitative estimate of drug-likeness (QED) is 0.834. The Balaban J connectivity index is 1.59. The molecule has 8 heteroatoms. The molecule has 0 saturated carbocycles. The highest BCUT2D eigenvalue weighted by atomic mass is 19.1. The van der Waals surface area contributed by atoms with Crippen molar-refractivity contribution in [3.8, 4) is 0 Å². The van der Waals surface area contributed by atoms with Crippen LogP contribution in [0.5, 0.6) is 0 Å². The molecule has 1 aromatic heterocycles. The van der Waals surface area contributed by atoms with Crippen LogP contribution in [0.3, 0.4) is 0 Å². The molecular formula is C22H26F2N4O2. The van der Waals surface area contributed by atoms with E-state index in [0.29, 0.717) is 38.0 Å². The summed E-state index contributed by atoms with van der Waals surface area (Å²) in [5.74, 6) is -1.80. The molecular weight excluding hydrogens is 390 g/mol. The fourth-order valence-electron chi connectivity index (χ4n) is 4.80. The van der Waals surface area contributed by atoms with Crippen molar-refractivity contribution in [2.24, 2.45) is 0 Å². The van der Waals surface area contributed by atoms with E-state index in [1.54, 1.807) is 15.8 Å². The first kappa shape index (κ1) is 20.5. The molecule has 1 N–H and O–H groups in total. The van der Waals surface area contributed by atoms with Gasteiger partial charge in [0, 0.05) is 56.4 Å². The van der Waals surface area contributed by atoms with E-state index in [1.165, 1.54) is 12.1 Å². The molecule has 2 saturated heterocycles. The summed E-state index contributed by atoms with van der Waals surface area (Å²) in [6, 6.07) is 5.35. The lowest BCUT2D eigenvalue weighted by Crippen LogP contribution is -2.52. The van der Waals surface area contributed by atoms with Gasteiger partial charge in [0.25, 0.3) is 0 Å². The van der Waals surface area contributed by atoms with Gasteiger partial charge in [-0.25, -0.2) is 8.78 Å². The normalized spacial score (nSPS) is 24.2. The summed E-state index contributed by atoms with van der Waals surface area (Å²) >= 11 is 0. The third-order valence-electron chi connectivity index (χ3n) is 6.31. The second kappa shape index (κ2) is 8.16. The van der Waals surface area contributed by atoms with Gasteiger partial charge in [0.15, 0.2) is 0 Å². The second-order valence-corrected chi connectivity index (χ2v) is 8.39. The molecule has 0 bridgehead atoms. The zero-order chi connectivity index (χ0) is 21.3. The molecule has 0 aliphatic carbocycles. The van der Waals surface area contributed by atoms with Crippen molar-refractivity contribution in [3.05, 3.63) is 53.4 Å². The van der Waals surface area contributed by atoms with Crippen LogP contribution < -0.4 is 5.32 Å². The minimum absolute atomic E-state index is 0.0536. The van der Waals surface area contributed by atoms with Crippen LogP contribution >= 0.6 is 0 Å². The topological polar surface area (TPSA) is 67.2 Å². The van der Waals surface area contributed by atoms with Crippen LogP contribution in [-0.4, -0.2) is 45.1 Å². The van der Waals surface area contributed by atoms with Crippen molar-refractivity contribution >= 4 is 11.8 Å². The number of benzene rings is 1. The number of hydrogen-bond donors (Lipinski definition) is 1. The number of nitrogens with one attached hydrogen (secondary N) is 1. The molecule has 2 atom stereocenters. The van der Waals surface area contributed by atoms with Gasteiger partial charge >= 0.3 is 0 Å². The highest BCUT2D eigenvalue weighted by Gasteiger charge is 2.49. The maximum absolute atomic E-state index is 13.9. The molecule has 4 rings (SSSR count). The van der Waals surface area contributed by atoms with Crippen LogP contribution in [0, 0.1) is 18.6 Å². The number of aromatic nitrogens is 2. The predicted molar refractivity (Wildman–Crippen MR) is 107 cm³/mol. The SMILES string of the molecule is Cc1ccnn1CCC(=O)N1C[C@@H](c2cc(F)cc(F)c2)[C@@]2(CCCCC(=O)N2)C1. The Bertz CT molecular complexity index is 940. The first-order valence-electron chi connectivity index (χ1n) is 10.4. The summed E-state index contributed by atoms with van der Waals surface area (Å²) in [4.78, 5) is 27.1. The highest BCUT2D eigenvalue weighted by Crippen LogP contribution is 2.41. The van der Waals surface area contributed by atoms with Crippen LogP contribution in [-0.2, 0) is 16.1 Å². The standard InChI is InChI=1S/C22H26F2N4O2/c1-15-5-8-25-28(15)9-6-21(30)27-13-19(16-10-17(23)12-18(24)11-16)22(14-27)7-3-2-4-20(29)26-22/h5,8,10-12,19H,2-4,6-7,9,13-14H2,1H3,(H,26,29)/t19-,22+/m0/s1. The third kappa shape index (κ3) is 4.08. The third-order valence-corrected chi connectivity index (χ3v) is 6.31. The van der Waals surface area contributed by atoms with E-state index in [9.17, 15) is 18.4 Å². The van der Waals surface area contributed by atoms with E-state index in [-0.39, 0.29) is 24.2 Å². The summed E-state index contributed by atoms with van der Waals surface area (Å²) < 4.78 is 29.7. The lowest BCUT2D eigenvalue weighted by atomic mass is 9.79. The Morgan fingerprint density at radius 2 is 2.03 bits per heavy atom. The zero-order valence-electron chi connectivity index (χ0n) is 17.0. The van der Waals surface area contributed by atoms with Gasteiger partial charge in [-0.2, -0.15) is 5.10 Å². The number of amides is 2. The summed E-state index contributed by atoms with van der Waals surface area (Å²) in [6.07, 6.45) is 4.66. The van der Waals surface area contributed by atoms with Gasteiger partial charge in [0.05, 0.1) is 5.54 Å². The van der Waals surface area contributed by atoms with Gasteiger partial charge < -0.3 is 10.2 Å². The summed E-state index contributed by atoms with van der Waals surface area (Å²) in [6.45, 7) is 3.06. The number of hydrogen-bond acceptors (Lipinski definition) is 3. The maximum Gasteiger partial charge on any atom is 0.224 e. The first-order chi connectivity index (χ1) is 14.4. The minimum Gasteiger partial charge on any atom is -0.348 e. The molecule has 3 heterocycles. The predicted octanol–water partition coefficient (Wildman–Crippen LogP) is 2.91. The van der Waals surface area contributed by atoms with Crippen LogP contribution in [0.1, 0.15) is 49.3 Å². The molecule has 6 nitrogen and oxygen atoms in total. The lowest BCUT2D eigenvalue weighted by molar-refractivity contribution is -0.131. The minimum atomic E-state index is -0.703. The Kier molecular flexibility index (Phi) is 5.58. The summed E-state index contributed by atoms with van der Waals surface area (Å²) in [7, 11) is 0. The van der Waals surface area contributed by atoms with Gasteiger partial charge in [-0.1, -0.05) is 6.42 Å². The molecule has 0 unspecified atom stereocenters. The summed E-state index contributed by atoms with van der Waals surface area (Å²) in [5, 5.41) is 7.32. The molecule has 2 aliphatic heterocycles. The lowest BCUT2D eigenvalue weighted by Gasteiger charge is -2.34. The number of carbonyl (C=O) groups excluding carboxylic acids is 2. The maximum atomic E-state index is 13.9. The molecule has 2 fully saturated rings. The zero-order valence-corrected chi connectivity index (χ0v) is 17.0. The van der Waals surface area contributed by atoms with Crippen molar-refractivity contribution < 1.29 is 18.4 Å². The molecule has 2 aliphatic rings. The number of nitrogens with zero attached hydrogens (tertiary/aromatic N) is 3. The van der Waals surface area contributed by atoms with E-state index in [0.717, 1.165) is 24.6 Å². The molecule has 160 valence electrons. The van der Waals surface area contributed by atoms with Gasteiger partial charge in [-0.05, 0) is 43.5 Å². The van der Waals surface area contributed by atoms with Crippen molar-refractivity contribution in [3.63, 3.8) is 0 Å². The number of halogens is 2. The molecule has 2 aromatic rings. The largest absolute Gasteiger partial charge is 0.348 e. The fraction of sp³-hybridized carbons (Fsp3) is 0.500. The molecule has 1 spiro atoms. The van der Waals surface area contributed by atoms with Crippen LogP contribution in [0.15, 0.2) is 30.5 Å². The van der Waals surface area contributed by atoms with Crippen LogP contribution in [0.4, 0.5) is 8.78 Å². The Hall–Kier alpha value is -2.77. The van der Waals surface area contributed by atoms with Crippen molar-refractivity contribution in [1.82, 2.24) is 20.0 Å². The average molecular weight is 416 g/mol. The molecule has 1 aromatic carbocycles. The van der Waals surface area contributed by atoms with Crippen molar-refractivity contribution in [1.29, 1.82) is 0 Å². The number of aryl methyl sites for hydroxylation is 2. The van der Waals surface area contributed by atoms with Gasteiger partial charge in [0.2, 0.25) is 11.8 Å².